The van der Waals surface area contributed by atoms with E-state index in [2.05, 4.69) is 10.5 Å². The van der Waals surface area contributed by atoms with Gasteiger partial charge < -0.3 is 0 Å². The quantitative estimate of drug-likeness (QED) is 0.448. The zero-order valence-corrected chi connectivity index (χ0v) is 17.3. The van der Waals surface area contributed by atoms with Gasteiger partial charge in [0.2, 0.25) is 0 Å². The van der Waals surface area contributed by atoms with Crippen molar-refractivity contribution in [1.82, 2.24) is 5.43 Å². The Morgan fingerprint density at radius 3 is 2.29 bits per heavy atom. The lowest BCUT2D eigenvalue weighted by Gasteiger charge is -2.23. The van der Waals surface area contributed by atoms with Gasteiger partial charge in [-0.2, -0.15) is 5.10 Å². The van der Waals surface area contributed by atoms with Crippen molar-refractivity contribution in [1.29, 1.82) is 0 Å². The third-order valence-corrected chi connectivity index (χ3v) is 6.10. The minimum atomic E-state index is -4.12. The number of halogens is 2. The number of hydrogen-bond donors (Lipinski definition) is 1. The number of nitrogens with zero attached hydrogens (tertiary/aromatic N) is 2. The third-order valence-electron chi connectivity index (χ3n) is 4.31. The first-order valence-electron chi connectivity index (χ1n) is 9.19. The number of rotatable bonds is 7. The molecule has 3 rings (SSSR count). The molecular formula is C22H19F2N3O3S. The molecule has 0 fully saturated rings. The summed E-state index contributed by atoms with van der Waals surface area (Å²) in [4.78, 5) is 12.4. The zero-order valence-electron chi connectivity index (χ0n) is 16.5. The molecule has 0 radical (unpaired) electrons. The molecule has 31 heavy (non-hydrogen) atoms. The first kappa shape index (κ1) is 22.1. The van der Waals surface area contributed by atoms with Gasteiger partial charge >= 0.3 is 0 Å². The number of amides is 1. The molecule has 3 aromatic rings. The van der Waals surface area contributed by atoms with E-state index in [1.807, 2.05) is 6.92 Å². The lowest BCUT2D eigenvalue weighted by atomic mass is 10.2. The van der Waals surface area contributed by atoms with Crippen LogP contribution in [0.4, 0.5) is 14.5 Å². The molecule has 160 valence electrons. The average Bonchev–Trinajstić information content (AvgIpc) is 2.74. The van der Waals surface area contributed by atoms with E-state index in [1.54, 1.807) is 18.2 Å². The highest BCUT2D eigenvalue weighted by molar-refractivity contribution is 7.92. The summed E-state index contributed by atoms with van der Waals surface area (Å²) < 4.78 is 54.2. The van der Waals surface area contributed by atoms with Gasteiger partial charge in [-0.3, -0.25) is 9.10 Å². The normalized spacial score (nSPS) is 11.5. The molecule has 6 nitrogen and oxygen atoms in total. The van der Waals surface area contributed by atoms with Crippen molar-refractivity contribution in [2.75, 3.05) is 10.8 Å². The highest BCUT2D eigenvalue weighted by atomic mass is 32.2. The molecule has 0 aliphatic carbocycles. The second-order valence-corrected chi connectivity index (χ2v) is 8.48. The Morgan fingerprint density at radius 2 is 1.65 bits per heavy atom. The Morgan fingerprint density at radius 1 is 1.00 bits per heavy atom. The number of nitrogens with one attached hydrogen (secondary N) is 1. The van der Waals surface area contributed by atoms with Crippen molar-refractivity contribution >= 4 is 27.8 Å². The number of hydrazone groups is 1. The van der Waals surface area contributed by atoms with Crippen LogP contribution < -0.4 is 9.73 Å². The van der Waals surface area contributed by atoms with Crippen molar-refractivity contribution in [3.8, 4) is 0 Å². The highest BCUT2D eigenvalue weighted by Gasteiger charge is 2.27. The number of aryl methyl sites for hydroxylation is 1. The van der Waals surface area contributed by atoms with Crippen molar-refractivity contribution in [2.24, 2.45) is 5.10 Å². The number of carbonyl (C=O) groups is 1. The van der Waals surface area contributed by atoms with Gasteiger partial charge in [0.1, 0.15) is 18.2 Å². The summed E-state index contributed by atoms with van der Waals surface area (Å²) in [5, 5.41) is 3.68. The molecule has 3 aromatic carbocycles. The van der Waals surface area contributed by atoms with Gasteiger partial charge in [-0.25, -0.2) is 22.6 Å². The summed E-state index contributed by atoms with van der Waals surface area (Å²) in [6.07, 6.45) is 1.12. The lowest BCUT2D eigenvalue weighted by Crippen LogP contribution is -2.39. The largest absolute Gasteiger partial charge is 0.271 e. The zero-order chi connectivity index (χ0) is 22.4. The van der Waals surface area contributed by atoms with Gasteiger partial charge in [0.05, 0.1) is 16.8 Å². The second kappa shape index (κ2) is 9.48. The molecule has 1 N–H and O–H groups in total. The van der Waals surface area contributed by atoms with Crippen LogP contribution in [0.25, 0.3) is 0 Å². The molecule has 0 atom stereocenters. The van der Waals surface area contributed by atoms with Crippen LogP contribution >= 0.6 is 0 Å². The molecule has 0 saturated heterocycles. The molecule has 0 bridgehead atoms. The molecule has 0 saturated carbocycles. The average molecular weight is 443 g/mol. The molecule has 1 amide bonds. The fourth-order valence-corrected chi connectivity index (χ4v) is 4.10. The van der Waals surface area contributed by atoms with Crippen molar-refractivity contribution < 1.29 is 22.0 Å². The number of benzene rings is 3. The molecule has 0 aromatic heterocycles. The van der Waals surface area contributed by atoms with Crippen LogP contribution in [0.2, 0.25) is 0 Å². The summed E-state index contributed by atoms with van der Waals surface area (Å²) in [6, 6.07) is 16.7. The van der Waals surface area contributed by atoms with Crippen molar-refractivity contribution in [3.63, 3.8) is 0 Å². The van der Waals surface area contributed by atoms with E-state index in [0.717, 1.165) is 28.2 Å². The minimum absolute atomic E-state index is 0.0231. The second-order valence-electron chi connectivity index (χ2n) is 6.62. The van der Waals surface area contributed by atoms with E-state index >= 15 is 0 Å². The number of anilines is 1. The Kier molecular flexibility index (Phi) is 6.76. The van der Waals surface area contributed by atoms with Gasteiger partial charge in [0.15, 0.2) is 0 Å². The van der Waals surface area contributed by atoms with Gasteiger partial charge in [-0.05, 0) is 49.4 Å². The molecule has 0 heterocycles. The standard InChI is InChI=1S/C22H19F2N3O3S/c1-16-6-12-20(13-7-16)31(29,30)27(19-10-8-18(23)9-11-19)15-22(28)26-25-14-17-4-2-3-5-21(17)24/h2-14H,15H2,1H3,(H,26,28)/b25-14-. The Labute approximate surface area is 178 Å². The van der Waals surface area contributed by atoms with Crippen LogP contribution in [0.1, 0.15) is 11.1 Å². The summed E-state index contributed by atoms with van der Waals surface area (Å²) in [5.74, 6) is -1.82. The topological polar surface area (TPSA) is 78.8 Å². The van der Waals surface area contributed by atoms with Crippen molar-refractivity contribution in [3.05, 3.63) is 95.6 Å². The van der Waals surface area contributed by atoms with Gasteiger partial charge in [0, 0.05) is 5.56 Å². The number of carbonyl (C=O) groups excluding carboxylic acids is 1. The van der Waals surface area contributed by atoms with Crippen LogP contribution in [0.5, 0.6) is 0 Å². The van der Waals surface area contributed by atoms with E-state index in [-0.39, 0.29) is 16.1 Å². The molecular weight excluding hydrogens is 424 g/mol. The summed E-state index contributed by atoms with van der Waals surface area (Å²) in [6.45, 7) is 1.20. The molecule has 0 unspecified atom stereocenters. The van der Waals surface area contributed by atoms with Gasteiger partial charge in [0.25, 0.3) is 15.9 Å². The van der Waals surface area contributed by atoms with Crippen LogP contribution in [0, 0.1) is 18.6 Å². The maximum Gasteiger partial charge on any atom is 0.264 e. The molecule has 0 aliphatic rings. The third kappa shape index (κ3) is 5.52. The summed E-state index contributed by atoms with van der Waals surface area (Å²) in [5.41, 5.74) is 3.32. The minimum Gasteiger partial charge on any atom is -0.271 e. The Balaban J connectivity index is 1.84. The first-order chi connectivity index (χ1) is 14.8. The lowest BCUT2D eigenvalue weighted by molar-refractivity contribution is -0.119. The van der Waals surface area contributed by atoms with Crippen LogP contribution in [-0.2, 0) is 14.8 Å². The number of sulfonamides is 1. The Hall–Kier alpha value is -3.59. The monoisotopic (exact) mass is 443 g/mol. The fourth-order valence-electron chi connectivity index (χ4n) is 2.68. The van der Waals surface area contributed by atoms with Crippen LogP contribution in [0.15, 0.2) is 82.8 Å². The molecule has 9 heteroatoms. The SMILES string of the molecule is Cc1ccc(S(=O)(=O)N(CC(=O)N/N=C\c2ccccc2F)c2ccc(F)cc2)cc1. The highest BCUT2D eigenvalue weighted by Crippen LogP contribution is 2.24. The van der Waals surface area contributed by atoms with E-state index in [0.29, 0.717) is 0 Å². The molecule has 0 aliphatic heterocycles. The van der Waals surface area contributed by atoms with E-state index in [1.165, 1.54) is 42.5 Å². The van der Waals surface area contributed by atoms with Gasteiger partial charge in [-0.1, -0.05) is 35.9 Å². The van der Waals surface area contributed by atoms with Crippen LogP contribution in [0.3, 0.4) is 0 Å². The summed E-state index contributed by atoms with van der Waals surface area (Å²) >= 11 is 0. The molecule has 0 spiro atoms. The Bertz CT molecular complexity index is 1200. The maximum atomic E-state index is 13.6. The van der Waals surface area contributed by atoms with Gasteiger partial charge in [-0.15, -0.1) is 0 Å². The van der Waals surface area contributed by atoms with Crippen molar-refractivity contribution in [2.45, 2.75) is 11.8 Å². The van der Waals surface area contributed by atoms with E-state index < -0.39 is 34.1 Å². The van der Waals surface area contributed by atoms with E-state index in [4.69, 9.17) is 0 Å². The predicted molar refractivity (Wildman–Crippen MR) is 114 cm³/mol. The maximum absolute atomic E-state index is 13.6. The fraction of sp³-hybridized carbons (Fsp3) is 0.0909. The summed E-state index contributed by atoms with van der Waals surface area (Å²) in [7, 11) is -4.12. The van der Waals surface area contributed by atoms with Crippen LogP contribution in [-0.4, -0.2) is 27.1 Å². The predicted octanol–water partition coefficient (Wildman–Crippen LogP) is 3.62. The first-order valence-corrected chi connectivity index (χ1v) is 10.6. The van der Waals surface area contributed by atoms with E-state index in [9.17, 15) is 22.0 Å². The number of hydrogen-bond acceptors (Lipinski definition) is 4. The smallest absolute Gasteiger partial charge is 0.264 e.